The van der Waals surface area contributed by atoms with Crippen molar-refractivity contribution >= 4 is 5.97 Å². The first-order chi connectivity index (χ1) is 7.24. The number of unbranched alkanes of at least 4 members (excludes halogenated alkanes) is 2. The zero-order valence-corrected chi connectivity index (χ0v) is 9.37. The smallest absolute Gasteiger partial charge is 0.330 e. The lowest BCUT2D eigenvalue weighted by atomic mass is 10.2. The molecule has 1 rings (SSSR count). The minimum Gasteiger partial charge on any atom is -0.463 e. The fourth-order valence-electron chi connectivity index (χ4n) is 1.45. The number of esters is 1. The Kier molecular flexibility index (Phi) is 5.40. The highest BCUT2D eigenvalue weighted by Crippen LogP contribution is 2.35. The largest absolute Gasteiger partial charge is 0.463 e. The van der Waals surface area contributed by atoms with E-state index >= 15 is 0 Å². The van der Waals surface area contributed by atoms with E-state index in [1.165, 1.54) is 12.8 Å². The van der Waals surface area contributed by atoms with E-state index in [-0.39, 0.29) is 12.6 Å². The van der Waals surface area contributed by atoms with Crippen molar-refractivity contribution in [2.45, 2.75) is 39.0 Å². The van der Waals surface area contributed by atoms with Crippen LogP contribution in [0.2, 0.25) is 0 Å². The number of ether oxygens (including phenoxy) is 1. The molecule has 0 aromatic heterocycles. The van der Waals surface area contributed by atoms with Crippen molar-refractivity contribution in [3.8, 4) is 0 Å². The predicted octanol–water partition coefficient (Wildman–Crippen LogP) is 2.05. The van der Waals surface area contributed by atoms with Gasteiger partial charge in [0.05, 0.1) is 6.61 Å². The van der Waals surface area contributed by atoms with Crippen LogP contribution in [0.25, 0.3) is 0 Å². The SMILES string of the molecule is C/C(=C/C(=O)OCCCCCO)C1CC1. The van der Waals surface area contributed by atoms with Crippen molar-refractivity contribution in [1.29, 1.82) is 0 Å². The third kappa shape index (κ3) is 5.57. The Morgan fingerprint density at radius 3 is 2.73 bits per heavy atom. The molecule has 3 nitrogen and oxygen atoms in total. The molecule has 0 unspecified atom stereocenters. The maximum atomic E-state index is 11.3. The summed E-state index contributed by atoms with van der Waals surface area (Å²) in [5, 5.41) is 8.54. The predicted molar refractivity (Wildman–Crippen MR) is 58.4 cm³/mol. The molecule has 15 heavy (non-hydrogen) atoms. The number of hydrogen-bond acceptors (Lipinski definition) is 3. The molecule has 0 saturated heterocycles. The van der Waals surface area contributed by atoms with Crippen LogP contribution in [0.15, 0.2) is 11.6 Å². The Morgan fingerprint density at radius 1 is 1.40 bits per heavy atom. The van der Waals surface area contributed by atoms with Gasteiger partial charge in [0, 0.05) is 12.7 Å². The number of rotatable bonds is 7. The summed E-state index contributed by atoms with van der Waals surface area (Å²) < 4.78 is 5.04. The van der Waals surface area contributed by atoms with Crippen molar-refractivity contribution in [1.82, 2.24) is 0 Å². The van der Waals surface area contributed by atoms with Gasteiger partial charge in [0.2, 0.25) is 0 Å². The zero-order valence-electron chi connectivity index (χ0n) is 9.37. The Morgan fingerprint density at radius 2 is 2.13 bits per heavy atom. The molecule has 1 N–H and O–H groups in total. The molecule has 0 radical (unpaired) electrons. The molecule has 1 fully saturated rings. The lowest BCUT2D eigenvalue weighted by Crippen LogP contribution is -2.03. The van der Waals surface area contributed by atoms with Crippen LogP contribution in [0.1, 0.15) is 39.0 Å². The minimum atomic E-state index is -0.219. The first-order valence-corrected chi connectivity index (χ1v) is 5.70. The van der Waals surface area contributed by atoms with Crippen LogP contribution in [0.5, 0.6) is 0 Å². The first kappa shape index (κ1) is 12.2. The summed E-state index contributed by atoms with van der Waals surface area (Å²) in [5.74, 6) is 0.412. The molecule has 0 aromatic rings. The topological polar surface area (TPSA) is 46.5 Å². The summed E-state index contributed by atoms with van der Waals surface area (Å²) in [7, 11) is 0. The van der Waals surface area contributed by atoms with Crippen LogP contribution < -0.4 is 0 Å². The van der Waals surface area contributed by atoms with Crippen LogP contribution in [0.3, 0.4) is 0 Å². The lowest BCUT2D eigenvalue weighted by Gasteiger charge is -2.02. The monoisotopic (exact) mass is 212 g/mol. The standard InChI is InChI=1S/C12H20O3/c1-10(11-5-6-11)9-12(14)15-8-4-2-3-7-13/h9,11,13H,2-8H2,1H3/b10-9-. The van der Waals surface area contributed by atoms with E-state index in [2.05, 4.69) is 0 Å². The maximum absolute atomic E-state index is 11.3. The maximum Gasteiger partial charge on any atom is 0.330 e. The van der Waals surface area contributed by atoms with Crippen LogP contribution in [0, 0.1) is 5.92 Å². The van der Waals surface area contributed by atoms with Crippen molar-refractivity contribution in [3.05, 3.63) is 11.6 Å². The van der Waals surface area contributed by atoms with Gasteiger partial charge in [0.15, 0.2) is 0 Å². The van der Waals surface area contributed by atoms with E-state index in [0.717, 1.165) is 24.8 Å². The molecule has 0 aromatic carbocycles. The van der Waals surface area contributed by atoms with Crippen molar-refractivity contribution in [2.24, 2.45) is 5.92 Å². The van der Waals surface area contributed by atoms with Gasteiger partial charge in [-0.05, 0) is 44.9 Å². The lowest BCUT2D eigenvalue weighted by molar-refractivity contribution is -0.137. The molecule has 0 aliphatic heterocycles. The molecule has 3 heteroatoms. The van der Waals surface area contributed by atoms with Crippen LogP contribution in [-0.2, 0) is 9.53 Å². The van der Waals surface area contributed by atoms with E-state index in [4.69, 9.17) is 9.84 Å². The number of hydrogen-bond donors (Lipinski definition) is 1. The highest BCUT2D eigenvalue weighted by molar-refractivity contribution is 5.82. The highest BCUT2D eigenvalue weighted by Gasteiger charge is 2.23. The Labute approximate surface area is 91.1 Å². The molecule has 0 amide bonds. The molecule has 86 valence electrons. The van der Waals surface area contributed by atoms with Crippen LogP contribution in [-0.4, -0.2) is 24.3 Å². The molecular weight excluding hydrogens is 192 g/mol. The molecule has 1 aliphatic rings. The second kappa shape index (κ2) is 6.62. The van der Waals surface area contributed by atoms with E-state index in [1.807, 2.05) is 6.92 Å². The average Bonchev–Trinajstić information content (AvgIpc) is 3.00. The Hall–Kier alpha value is -0.830. The van der Waals surface area contributed by atoms with Gasteiger partial charge in [-0.25, -0.2) is 4.79 Å². The van der Waals surface area contributed by atoms with E-state index < -0.39 is 0 Å². The number of aliphatic hydroxyl groups is 1. The van der Waals surface area contributed by atoms with Gasteiger partial charge in [-0.2, -0.15) is 0 Å². The fourth-order valence-corrected chi connectivity index (χ4v) is 1.45. The molecule has 1 saturated carbocycles. The zero-order chi connectivity index (χ0) is 11.1. The van der Waals surface area contributed by atoms with E-state index in [1.54, 1.807) is 6.08 Å². The van der Waals surface area contributed by atoms with Gasteiger partial charge in [-0.15, -0.1) is 0 Å². The Bertz CT molecular complexity index is 229. The summed E-state index contributed by atoms with van der Waals surface area (Å²) >= 11 is 0. The molecule has 0 heterocycles. The highest BCUT2D eigenvalue weighted by atomic mass is 16.5. The van der Waals surface area contributed by atoms with Gasteiger partial charge >= 0.3 is 5.97 Å². The number of carbonyl (C=O) groups excluding carboxylic acids is 1. The molecular formula is C12H20O3. The van der Waals surface area contributed by atoms with Gasteiger partial charge in [-0.1, -0.05) is 5.57 Å². The van der Waals surface area contributed by atoms with E-state index in [9.17, 15) is 4.79 Å². The van der Waals surface area contributed by atoms with Gasteiger partial charge in [0.25, 0.3) is 0 Å². The molecule has 0 spiro atoms. The third-order valence-electron chi connectivity index (χ3n) is 2.61. The van der Waals surface area contributed by atoms with Gasteiger partial charge < -0.3 is 9.84 Å². The number of aliphatic hydroxyl groups excluding tert-OH is 1. The second-order valence-corrected chi connectivity index (χ2v) is 4.11. The van der Waals surface area contributed by atoms with Crippen LogP contribution in [0.4, 0.5) is 0 Å². The number of allylic oxidation sites excluding steroid dienone is 1. The van der Waals surface area contributed by atoms with Crippen molar-refractivity contribution in [2.75, 3.05) is 13.2 Å². The van der Waals surface area contributed by atoms with Crippen molar-refractivity contribution in [3.63, 3.8) is 0 Å². The quantitative estimate of drug-likeness (QED) is 0.399. The minimum absolute atomic E-state index is 0.217. The van der Waals surface area contributed by atoms with Gasteiger partial charge in [0.1, 0.15) is 0 Å². The summed E-state index contributed by atoms with van der Waals surface area (Å²) in [4.78, 5) is 11.3. The fraction of sp³-hybridized carbons (Fsp3) is 0.750. The van der Waals surface area contributed by atoms with Crippen LogP contribution >= 0.6 is 0 Å². The summed E-state index contributed by atoms with van der Waals surface area (Å²) in [6.45, 7) is 2.67. The van der Waals surface area contributed by atoms with Gasteiger partial charge in [-0.3, -0.25) is 0 Å². The molecule has 0 bridgehead atoms. The second-order valence-electron chi connectivity index (χ2n) is 4.11. The molecule has 0 atom stereocenters. The summed E-state index contributed by atoms with van der Waals surface area (Å²) in [6.07, 6.45) is 6.58. The van der Waals surface area contributed by atoms with Crippen molar-refractivity contribution < 1.29 is 14.6 Å². The summed E-state index contributed by atoms with van der Waals surface area (Å²) in [5.41, 5.74) is 1.15. The third-order valence-corrected chi connectivity index (χ3v) is 2.61. The number of carbonyl (C=O) groups is 1. The Balaban J connectivity index is 2.05. The van der Waals surface area contributed by atoms with E-state index in [0.29, 0.717) is 12.5 Å². The summed E-state index contributed by atoms with van der Waals surface area (Å²) in [6, 6.07) is 0. The molecule has 1 aliphatic carbocycles. The first-order valence-electron chi connectivity index (χ1n) is 5.70. The normalized spacial score (nSPS) is 16.5. The average molecular weight is 212 g/mol.